The van der Waals surface area contributed by atoms with E-state index in [0.29, 0.717) is 40.1 Å². The summed E-state index contributed by atoms with van der Waals surface area (Å²) in [6.07, 6.45) is 0. The minimum absolute atomic E-state index is 0.0928. The Labute approximate surface area is 201 Å². The Morgan fingerprint density at radius 1 is 1.03 bits per heavy atom. The fourth-order valence-corrected chi connectivity index (χ4v) is 4.92. The molecule has 1 aliphatic rings. The summed E-state index contributed by atoms with van der Waals surface area (Å²) in [5.74, 6) is 1.41. The fourth-order valence-electron chi connectivity index (χ4n) is 3.60. The van der Waals surface area contributed by atoms with Crippen LogP contribution in [0.5, 0.6) is 11.5 Å². The van der Waals surface area contributed by atoms with Crippen LogP contribution in [-0.4, -0.2) is 36.7 Å². The molecule has 2 amide bonds. The van der Waals surface area contributed by atoms with Gasteiger partial charge < -0.3 is 19.7 Å². The predicted molar refractivity (Wildman–Crippen MR) is 131 cm³/mol. The molecule has 3 aromatic rings. The molecule has 0 unspecified atom stereocenters. The molecular weight excluding hydrogens is 460 g/mol. The first kappa shape index (κ1) is 23.0. The van der Waals surface area contributed by atoms with Crippen molar-refractivity contribution < 1.29 is 19.1 Å². The van der Waals surface area contributed by atoms with Crippen molar-refractivity contribution in [3.63, 3.8) is 0 Å². The number of carbonyl (C=O) groups is 2. The van der Waals surface area contributed by atoms with E-state index in [0.717, 1.165) is 11.1 Å². The Bertz CT molecular complexity index is 1150. The van der Waals surface area contributed by atoms with Crippen molar-refractivity contribution in [3.05, 3.63) is 88.4 Å². The maximum Gasteiger partial charge on any atom is 0.255 e. The van der Waals surface area contributed by atoms with Gasteiger partial charge in [-0.3, -0.25) is 9.59 Å². The zero-order valence-corrected chi connectivity index (χ0v) is 19.8. The van der Waals surface area contributed by atoms with Gasteiger partial charge in [-0.05, 0) is 47.5 Å². The summed E-state index contributed by atoms with van der Waals surface area (Å²) in [5.41, 5.74) is 3.12. The fraction of sp³-hybridized carbons (Fsp3) is 0.200. The van der Waals surface area contributed by atoms with Crippen LogP contribution in [0.15, 0.2) is 66.7 Å². The second-order valence-corrected chi connectivity index (χ2v) is 8.96. The largest absolute Gasteiger partial charge is 0.493 e. The van der Waals surface area contributed by atoms with Crippen LogP contribution >= 0.6 is 23.4 Å². The Balaban J connectivity index is 1.46. The van der Waals surface area contributed by atoms with Gasteiger partial charge in [0, 0.05) is 28.9 Å². The molecule has 33 heavy (non-hydrogen) atoms. The van der Waals surface area contributed by atoms with E-state index in [-0.39, 0.29) is 17.2 Å². The van der Waals surface area contributed by atoms with Crippen LogP contribution in [0.4, 0.5) is 5.69 Å². The van der Waals surface area contributed by atoms with E-state index in [2.05, 4.69) is 5.32 Å². The lowest BCUT2D eigenvalue weighted by molar-refractivity contribution is -0.128. The van der Waals surface area contributed by atoms with Gasteiger partial charge in [-0.15, -0.1) is 11.8 Å². The van der Waals surface area contributed by atoms with Crippen molar-refractivity contribution >= 4 is 40.9 Å². The smallest absolute Gasteiger partial charge is 0.255 e. The summed E-state index contributed by atoms with van der Waals surface area (Å²) < 4.78 is 10.5. The van der Waals surface area contributed by atoms with Crippen LogP contribution in [0, 0.1) is 0 Å². The lowest BCUT2D eigenvalue weighted by Gasteiger charge is -2.24. The van der Waals surface area contributed by atoms with E-state index in [1.807, 2.05) is 41.3 Å². The third-order valence-corrected chi connectivity index (χ3v) is 6.84. The van der Waals surface area contributed by atoms with E-state index in [4.69, 9.17) is 21.1 Å². The van der Waals surface area contributed by atoms with Crippen LogP contribution in [0.1, 0.15) is 26.9 Å². The zero-order valence-electron chi connectivity index (χ0n) is 18.2. The third kappa shape index (κ3) is 5.26. The quantitative estimate of drug-likeness (QED) is 0.489. The third-order valence-electron chi connectivity index (χ3n) is 5.33. The van der Waals surface area contributed by atoms with Crippen LogP contribution in [0.25, 0.3) is 0 Å². The molecule has 0 aromatic heterocycles. The highest BCUT2D eigenvalue weighted by Gasteiger charge is 2.32. The van der Waals surface area contributed by atoms with E-state index in [1.165, 1.54) is 0 Å². The molecule has 0 aliphatic carbocycles. The maximum absolute atomic E-state index is 12.7. The molecule has 0 bridgehead atoms. The first-order valence-corrected chi connectivity index (χ1v) is 11.7. The standard InChI is InChI=1S/C25H23ClN2O4S/c1-31-21-12-11-20(13-22(21)32-2)27-24(30)17-5-7-18(8-6-17)25-28(23(29)15-33-25)14-16-3-9-19(26)10-4-16/h3-13,25H,14-15H2,1-2H3,(H,27,30)/t25-/m0/s1. The molecule has 0 spiro atoms. The predicted octanol–water partition coefficient (Wildman–Crippen LogP) is 5.38. The van der Waals surface area contributed by atoms with Gasteiger partial charge in [0.2, 0.25) is 5.91 Å². The van der Waals surface area contributed by atoms with Crippen molar-refractivity contribution in [2.45, 2.75) is 11.9 Å². The molecular formula is C25H23ClN2O4S. The highest BCUT2D eigenvalue weighted by molar-refractivity contribution is 8.00. The van der Waals surface area contributed by atoms with Crippen LogP contribution in [0.3, 0.4) is 0 Å². The van der Waals surface area contributed by atoms with Crippen molar-refractivity contribution in [3.8, 4) is 11.5 Å². The normalized spacial score (nSPS) is 15.4. The molecule has 1 N–H and O–H groups in total. The van der Waals surface area contributed by atoms with Gasteiger partial charge in [0.15, 0.2) is 11.5 Å². The molecule has 1 aliphatic heterocycles. The Kier molecular flexibility index (Phi) is 7.11. The number of halogens is 1. The molecule has 4 rings (SSSR count). The van der Waals surface area contributed by atoms with Gasteiger partial charge in [-0.25, -0.2) is 0 Å². The molecule has 6 nitrogen and oxygen atoms in total. The van der Waals surface area contributed by atoms with Gasteiger partial charge in [-0.2, -0.15) is 0 Å². The van der Waals surface area contributed by atoms with E-state index in [1.54, 1.807) is 56.3 Å². The van der Waals surface area contributed by atoms with Crippen LogP contribution in [-0.2, 0) is 11.3 Å². The molecule has 0 saturated carbocycles. The van der Waals surface area contributed by atoms with E-state index in [9.17, 15) is 9.59 Å². The van der Waals surface area contributed by atoms with Crippen molar-refractivity contribution in [2.24, 2.45) is 0 Å². The molecule has 0 radical (unpaired) electrons. The summed E-state index contributed by atoms with van der Waals surface area (Å²) in [4.78, 5) is 27.1. The van der Waals surface area contributed by atoms with Crippen molar-refractivity contribution in [1.82, 2.24) is 4.90 Å². The highest BCUT2D eigenvalue weighted by Crippen LogP contribution is 2.39. The molecule has 1 fully saturated rings. The lowest BCUT2D eigenvalue weighted by atomic mass is 10.1. The minimum atomic E-state index is -0.234. The summed E-state index contributed by atoms with van der Waals surface area (Å²) in [7, 11) is 3.11. The number of hydrogen-bond donors (Lipinski definition) is 1. The number of amides is 2. The van der Waals surface area contributed by atoms with E-state index >= 15 is 0 Å². The summed E-state index contributed by atoms with van der Waals surface area (Å²) >= 11 is 7.56. The Hall–Kier alpha value is -3.16. The van der Waals surface area contributed by atoms with Gasteiger partial charge in [0.1, 0.15) is 5.37 Å². The van der Waals surface area contributed by atoms with Gasteiger partial charge in [0.25, 0.3) is 5.91 Å². The number of nitrogens with zero attached hydrogens (tertiary/aromatic N) is 1. The minimum Gasteiger partial charge on any atom is -0.493 e. The Morgan fingerprint density at radius 3 is 2.39 bits per heavy atom. The molecule has 170 valence electrons. The first-order chi connectivity index (χ1) is 16.0. The summed E-state index contributed by atoms with van der Waals surface area (Å²) in [5, 5.41) is 3.44. The zero-order chi connectivity index (χ0) is 23.4. The number of thioether (sulfide) groups is 1. The monoisotopic (exact) mass is 482 g/mol. The molecule has 3 aromatic carbocycles. The van der Waals surface area contributed by atoms with Gasteiger partial charge in [0.05, 0.1) is 20.0 Å². The second-order valence-electron chi connectivity index (χ2n) is 7.46. The number of benzene rings is 3. The van der Waals surface area contributed by atoms with Crippen LogP contribution < -0.4 is 14.8 Å². The number of rotatable bonds is 7. The topological polar surface area (TPSA) is 67.9 Å². The van der Waals surface area contributed by atoms with Crippen LogP contribution in [0.2, 0.25) is 5.02 Å². The molecule has 8 heteroatoms. The average Bonchev–Trinajstić information content (AvgIpc) is 3.20. The maximum atomic E-state index is 12.7. The molecule has 1 atom stereocenters. The lowest BCUT2D eigenvalue weighted by Crippen LogP contribution is -2.27. The Morgan fingerprint density at radius 2 is 1.73 bits per heavy atom. The van der Waals surface area contributed by atoms with Crippen molar-refractivity contribution in [1.29, 1.82) is 0 Å². The first-order valence-electron chi connectivity index (χ1n) is 10.3. The number of ether oxygens (including phenoxy) is 2. The molecule has 1 heterocycles. The van der Waals surface area contributed by atoms with Crippen molar-refractivity contribution in [2.75, 3.05) is 25.3 Å². The van der Waals surface area contributed by atoms with E-state index < -0.39 is 0 Å². The average molecular weight is 483 g/mol. The SMILES string of the molecule is COc1ccc(NC(=O)c2ccc([C@@H]3SCC(=O)N3Cc3ccc(Cl)cc3)cc2)cc1OC. The highest BCUT2D eigenvalue weighted by atomic mass is 35.5. The molecule has 1 saturated heterocycles. The number of carbonyl (C=O) groups excluding carboxylic acids is 2. The number of hydrogen-bond acceptors (Lipinski definition) is 5. The summed E-state index contributed by atoms with van der Waals surface area (Å²) in [6, 6.07) is 20.0. The van der Waals surface area contributed by atoms with Gasteiger partial charge >= 0.3 is 0 Å². The second kappa shape index (κ2) is 10.2. The number of methoxy groups -OCH3 is 2. The van der Waals surface area contributed by atoms with Gasteiger partial charge in [-0.1, -0.05) is 35.9 Å². The number of anilines is 1. The summed E-state index contributed by atoms with van der Waals surface area (Å²) in [6.45, 7) is 0.509. The number of nitrogens with one attached hydrogen (secondary N) is 1.